The van der Waals surface area contributed by atoms with Crippen LogP contribution in [0.3, 0.4) is 0 Å². The van der Waals surface area contributed by atoms with Gasteiger partial charge in [0, 0.05) is 11.8 Å². The number of rotatable bonds is 4. The van der Waals surface area contributed by atoms with E-state index >= 15 is 0 Å². The van der Waals surface area contributed by atoms with Crippen molar-refractivity contribution in [1.82, 2.24) is 4.98 Å². The van der Waals surface area contributed by atoms with E-state index in [9.17, 15) is 9.59 Å². The summed E-state index contributed by atoms with van der Waals surface area (Å²) in [6.07, 6.45) is 0. The van der Waals surface area contributed by atoms with Gasteiger partial charge in [-0.05, 0) is 30.7 Å². The Hall–Kier alpha value is -3.02. The number of H-pyrrole nitrogens is 1. The van der Waals surface area contributed by atoms with Crippen molar-refractivity contribution in [2.24, 2.45) is 0 Å². The van der Waals surface area contributed by atoms with Crippen LogP contribution in [-0.4, -0.2) is 17.5 Å². The standard InChI is InChI=1S/C16H14N2O4/c1-10-4-2-3-5-13(10)21-9-15(19)17-11-6-7-12-14(8-11)22-16(20)18-12/h2-8H,9H2,1H3,(H,17,19)(H,18,20). The van der Waals surface area contributed by atoms with Gasteiger partial charge in [0.2, 0.25) is 0 Å². The zero-order valence-electron chi connectivity index (χ0n) is 11.9. The lowest BCUT2D eigenvalue weighted by atomic mass is 10.2. The summed E-state index contributed by atoms with van der Waals surface area (Å²) in [7, 11) is 0. The first-order valence-electron chi connectivity index (χ1n) is 6.73. The average Bonchev–Trinajstić information content (AvgIpc) is 2.86. The summed E-state index contributed by atoms with van der Waals surface area (Å²) in [5.41, 5.74) is 2.47. The monoisotopic (exact) mass is 298 g/mol. The highest BCUT2D eigenvalue weighted by atomic mass is 16.5. The van der Waals surface area contributed by atoms with Gasteiger partial charge in [-0.3, -0.25) is 9.78 Å². The number of anilines is 1. The fourth-order valence-corrected chi connectivity index (χ4v) is 2.08. The third-order valence-electron chi connectivity index (χ3n) is 3.16. The lowest BCUT2D eigenvalue weighted by Crippen LogP contribution is -2.20. The molecule has 3 rings (SSSR count). The fourth-order valence-electron chi connectivity index (χ4n) is 2.08. The van der Waals surface area contributed by atoms with Crippen molar-refractivity contribution < 1.29 is 13.9 Å². The van der Waals surface area contributed by atoms with Gasteiger partial charge < -0.3 is 14.5 Å². The molecule has 0 saturated carbocycles. The maximum Gasteiger partial charge on any atom is 0.417 e. The second kappa shape index (κ2) is 5.77. The number of fused-ring (bicyclic) bond motifs is 1. The second-order valence-corrected chi connectivity index (χ2v) is 4.83. The van der Waals surface area contributed by atoms with Crippen molar-refractivity contribution in [3.63, 3.8) is 0 Å². The molecule has 0 saturated heterocycles. The van der Waals surface area contributed by atoms with Gasteiger partial charge in [-0.25, -0.2) is 4.79 Å². The van der Waals surface area contributed by atoms with Gasteiger partial charge in [0.1, 0.15) is 5.75 Å². The Morgan fingerprint density at radius 3 is 2.91 bits per heavy atom. The number of hydrogen-bond acceptors (Lipinski definition) is 4. The number of nitrogens with one attached hydrogen (secondary N) is 2. The number of hydrogen-bond donors (Lipinski definition) is 2. The summed E-state index contributed by atoms with van der Waals surface area (Å²) in [5, 5.41) is 2.69. The van der Waals surface area contributed by atoms with Gasteiger partial charge in [-0.2, -0.15) is 0 Å². The first kappa shape index (κ1) is 13.9. The lowest BCUT2D eigenvalue weighted by Gasteiger charge is -2.09. The minimum atomic E-state index is -0.527. The Morgan fingerprint density at radius 2 is 2.09 bits per heavy atom. The van der Waals surface area contributed by atoms with Crippen LogP contribution in [0.15, 0.2) is 51.7 Å². The average molecular weight is 298 g/mol. The van der Waals surface area contributed by atoms with Gasteiger partial charge in [0.15, 0.2) is 12.2 Å². The Kier molecular flexibility index (Phi) is 3.65. The largest absolute Gasteiger partial charge is 0.483 e. The zero-order chi connectivity index (χ0) is 15.5. The quantitative estimate of drug-likeness (QED) is 0.775. The Morgan fingerprint density at radius 1 is 1.27 bits per heavy atom. The molecule has 6 heteroatoms. The van der Waals surface area contributed by atoms with Crippen molar-refractivity contribution in [1.29, 1.82) is 0 Å². The van der Waals surface area contributed by atoms with Crippen LogP contribution < -0.4 is 15.8 Å². The molecule has 0 radical (unpaired) electrons. The van der Waals surface area contributed by atoms with E-state index in [1.807, 2.05) is 31.2 Å². The van der Waals surface area contributed by atoms with Crippen molar-refractivity contribution in [2.45, 2.75) is 6.92 Å². The van der Waals surface area contributed by atoms with E-state index in [-0.39, 0.29) is 12.5 Å². The van der Waals surface area contributed by atoms with E-state index in [1.165, 1.54) is 0 Å². The molecule has 112 valence electrons. The molecule has 0 fully saturated rings. The van der Waals surface area contributed by atoms with Gasteiger partial charge in [-0.1, -0.05) is 18.2 Å². The van der Waals surface area contributed by atoms with Crippen LogP contribution in [0.5, 0.6) is 5.75 Å². The van der Waals surface area contributed by atoms with Gasteiger partial charge in [-0.15, -0.1) is 0 Å². The second-order valence-electron chi connectivity index (χ2n) is 4.83. The minimum Gasteiger partial charge on any atom is -0.483 e. The molecule has 1 amide bonds. The molecule has 1 heterocycles. The molecule has 3 aromatic rings. The molecule has 0 aliphatic rings. The Labute approximate surface area is 125 Å². The van der Waals surface area contributed by atoms with E-state index in [1.54, 1.807) is 18.2 Å². The van der Waals surface area contributed by atoms with Crippen LogP contribution >= 0.6 is 0 Å². The third kappa shape index (κ3) is 3.01. The number of carbonyl (C=O) groups excluding carboxylic acids is 1. The van der Waals surface area contributed by atoms with Crippen LogP contribution in [0.1, 0.15) is 5.56 Å². The first-order chi connectivity index (χ1) is 10.6. The fraction of sp³-hybridized carbons (Fsp3) is 0.125. The molecule has 0 atom stereocenters. The maximum absolute atomic E-state index is 11.9. The SMILES string of the molecule is Cc1ccccc1OCC(=O)Nc1ccc2[nH]c(=O)oc2c1. The first-order valence-corrected chi connectivity index (χ1v) is 6.73. The van der Waals surface area contributed by atoms with Crippen LogP contribution in [0.4, 0.5) is 5.69 Å². The minimum absolute atomic E-state index is 0.0972. The molecule has 2 N–H and O–H groups in total. The van der Waals surface area contributed by atoms with Crippen molar-refractivity contribution in [3.8, 4) is 5.75 Å². The summed E-state index contributed by atoms with van der Waals surface area (Å²) >= 11 is 0. The zero-order valence-corrected chi connectivity index (χ0v) is 11.9. The smallest absolute Gasteiger partial charge is 0.417 e. The summed E-state index contributed by atoms with van der Waals surface area (Å²) in [6, 6.07) is 12.4. The predicted octanol–water partition coefficient (Wildman–Crippen LogP) is 2.45. The highest BCUT2D eigenvalue weighted by molar-refractivity contribution is 5.93. The highest BCUT2D eigenvalue weighted by Crippen LogP contribution is 2.17. The topological polar surface area (TPSA) is 84.3 Å². The Balaban J connectivity index is 1.65. The molecule has 0 aliphatic carbocycles. The molecule has 22 heavy (non-hydrogen) atoms. The van der Waals surface area contributed by atoms with E-state index in [0.717, 1.165) is 5.56 Å². The number of aromatic nitrogens is 1. The normalized spacial score (nSPS) is 10.6. The number of para-hydroxylation sites is 1. The third-order valence-corrected chi connectivity index (χ3v) is 3.16. The number of aromatic amines is 1. The van der Waals surface area contributed by atoms with Gasteiger partial charge in [0.25, 0.3) is 5.91 Å². The summed E-state index contributed by atoms with van der Waals surface area (Å²) < 4.78 is 10.4. The number of aryl methyl sites for hydroxylation is 1. The highest BCUT2D eigenvalue weighted by Gasteiger charge is 2.07. The molecular formula is C16H14N2O4. The number of ether oxygens (including phenoxy) is 1. The van der Waals surface area contributed by atoms with Crippen molar-refractivity contribution in [3.05, 3.63) is 58.6 Å². The molecule has 0 bridgehead atoms. The summed E-state index contributed by atoms with van der Waals surface area (Å²) in [6.45, 7) is 1.81. The molecule has 0 aliphatic heterocycles. The Bertz CT molecular complexity index is 879. The van der Waals surface area contributed by atoms with Crippen LogP contribution in [0, 0.1) is 6.92 Å². The molecule has 2 aromatic carbocycles. The van der Waals surface area contributed by atoms with Gasteiger partial charge in [0.05, 0.1) is 5.52 Å². The van der Waals surface area contributed by atoms with Crippen molar-refractivity contribution in [2.75, 3.05) is 11.9 Å². The number of benzene rings is 2. The van der Waals surface area contributed by atoms with E-state index in [4.69, 9.17) is 9.15 Å². The van der Waals surface area contributed by atoms with Crippen LogP contribution in [0.25, 0.3) is 11.1 Å². The van der Waals surface area contributed by atoms with E-state index in [2.05, 4.69) is 10.3 Å². The van der Waals surface area contributed by atoms with Crippen molar-refractivity contribution >= 4 is 22.7 Å². The lowest BCUT2D eigenvalue weighted by molar-refractivity contribution is -0.118. The number of carbonyl (C=O) groups is 1. The molecule has 1 aromatic heterocycles. The molecule has 0 unspecified atom stereocenters. The van der Waals surface area contributed by atoms with Gasteiger partial charge >= 0.3 is 5.76 Å². The molecule has 6 nitrogen and oxygen atoms in total. The van der Waals surface area contributed by atoms with E-state index < -0.39 is 5.76 Å². The number of oxazole rings is 1. The van der Waals surface area contributed by atoms with E-state index in [0.29, 0.717) is 22.5 Å². The predicted molar refractivity (Wildman–Crippen MR) is 82.1 cm³/mol. The summed E-state index contributed by atoms with van der Waals surface area (Å²) in [4.78, 5) is 25.5. The summed E-state index contributed by atoms with van der Waals surface area (Å²) in [5.74, 6) is -0.147. The number of amides is 1. The maximum atomic E-state index is 11.9. The van der Waals surface area contributed by atoms with Crippen LogP contribution in [0.2, 0.25) is 0 Å². The van der Waals surface area contributed by atoms with Crippen LogP contribution in [-0.2, 0) is 4.79 Å². The molecule has 0 spiro atoms. The molecular weight excluding hydrogens is 284 g/mol.